The first kappa shape index (κ1) is 27.6. The molecular formula is C26H29ClF3N3O3S2. The predicted octanol–water partition coefficient (Wildman–Crippen LogP) is 5.97. The monoisotopic (exact) mass is 587 g/mol. The normalized spacial score (nSPS) is 27.9. The Morgan fingerprint density at radius 1 is 1.18 bits per heavy atom. The summed E-state index contributed by atoms with van der Waals surface area (Å²) in [6.45, 7) is 3.86. The molecule has 1 aromatic carbocycles. The molecule has 1 aromatic heterocycles. The van der Waals surface area contributed by atoms with E-state index in [1.165, 1.54) is 11.3 Å². The topological polar surface area (TPSA) is 78.8 Å². The Bertz CT molecular complexity index is 1340. The number of nitrogens with zero attached hydrogens (tertiary/aromatic N) is 2. The molecule has 0 saturated heterocycles. The van der Waals surface area contributed by atoms with Gasteiger partial charge in [0.1, 0.15) is 16.1 Å². The zero-order valence-electron chi connectivity index (χ0n) is 21.0. The fourth-order valence-corrected chi connectivity index (χ4v) is 9.06. The van der Waals surface area contributed by atoms with Crippen LogP contribution in [0.1, 0.15) is 57.9 Å². The number of hydrogen-bond donors (Lipinski definition) is 1. The summed E-state index contributed by atoms with van der Waals surface area (Å²) in [5, 5.41) is 5.66. The van der Waals surface area contributed by atoms with Crippen LogP contribution < -0.4 is 5.32 Å². The molecule has 6 nitrogen and oxygen atoms in total. The van der Waals surface area contributed by atoms with Crippen LogP contribution >= 0.6 is 22.9 Å². The van der Waals surface area contributed by atoms with Crippen LogP contribution in [0.15, 0.2) is 51.0 Å². The number of carbonyl (C=O) groups is 1. The van der Waals surface area contributed by atoms with Crippen LogP contribution in [0.2, 0.25) is 5.02 Å². The van der Waals surface area contributed by atoms with Gasteiger partial charge >= 0.3 is 6.18 Å². The molecule has 3 fully saturated rings. The van der Waals surface area contributed by atoms with E-state index in [9.17, 15) is 26.4 Å². The third-order valence-electron chi connectivity index (χ3n) is 7.88. The number of halogens is 4. The van der Waals surface area contributed by atoms with Gasteiger partial charge < -0.3 is 5.32 Å². The quantitative estimate of drug-likeness (QED) is 0.372. The summed E-state index contributed by atoms with van der Waals surface area (Å²) in [7, 11) is -3.75. The Morgan fingerprint density at radius 3 is 2.42 bits per heavy atom. The molecule has 0 unspecified atom stereocenters. The lowest BCUT2D eigenvalue weighted by Gasteiger charge is -2.72. The lowest BCUT2D eigenvalue weighted by Crippen LogP contribution is -2.78. The molecular weight excluding hydrogens is 559 g/mol. The van der Waals surface area contributed by atoms with Gasteiger partial charge in [0.2, 0.25) is 0 Å². The molecule has 0 amide bonds. The standard InChI is InChI=1S/C26H29ClF3N3O3S2/c1-23(2)21(19(34)5-3-11-26(28,29)30)31-22(32-23)24-14-25(15-24,16-24)33(13-17-7-9-18(27)10-8-17)38(35,36)20-6-4-12-37-20/h4,6-10,12,21H,3,5,11,13-16H2,1-2H3,(H,31,32)/t21-,24?,25?/m0/s1. The van der Waals surface area contributed by atoms with Crippen molar-refractivity contribution < 1.29 is 26.4 Å². The Labute approximate surface area is 229 Å². The average molecular weight is 588 g/mol. The molecule has 1 aliphatic heterocycles. The van der Waals surface area contributed by atoms with Crippen molar-refractivity contribution in [3.63, 3.8) is 0 Å². The zero-order valence-corrected chi connectivity index (χ0v) is 23.4. The molecule has 1 atom stereocenters. The largest absolute Gasteiger partial charge is 0.389 e. The van der Waals surface area contributed by atoms with Gasteiger partial charge in [-0.15, -0.1) is 11.3 Å². The van der Waals surface area contributed by atoms with Crippen molar-refractivity contribution in [2.75, 3.05) is 0 Å². The highest BCUT2D eigenvalue weighted by atomic mass is 35.5. The molecule has 2 heterocycles. The number of alkyl halides is 3. The third kappa shape index (κ3) is 4.91. The number of benzene rings is 1. The molecule has 2 aromatic rings. The fourth-order valence-electron chi connectivity index (χ4n) is 6.07. The number of Topliss-reactive ketones (excluding diaryl/α,β-unsaturated/α-hetero) is 1. The van der Waals surface area contributed by atoms with Crippen LogP contribution in [0.5, 0.6) is 0 Å². The van der Waals surface area contributed by atoms with E-state index < -0.39 is 39.7 Å². The second-order valence-electron chi connectivity index (χ2n) is 11.3. The average Bonchev–Trinajstić information content (AvgIpc) is 3.40. The smallest absolute Gasteiger partial charge is 0.366 e. The van der Waals surface area contributed by atoms with Crippen molar-refractivity contribution in [2.45, 2.75) is 86.4 Å². The maximum absolute atomic E-state index is 13.7. The first-order valence-electron chi connectivity index (χ1n) is 12.4. The summed E-state index contributed by atoms with van der Waals surface area (Å²) in [5.74, 6) is 0.353. The fraction of sp³-hybridized carbons (Fsp3) is 0.538. The van der Waals surface area contributed by atoms with Crippen LogP contribution in [0.4, 0.5) is 13.2 Å². The number of rotatable bonds is 10. The molecule has 206 valence electrons. The number of amidine groups is 1. The van der Waals surface area contributed by atoms with E-state index in [4.69, 9.17) is 11.6 Å². The summed E-state index contributed by atoms with van der Waals surface area (Å²) in [4.78, 5) is 17.5. The molecule has 38 heavy (non-hydrogen) atoms. The van der Waals surface area contributed by atoms with Crippen molar-refractivity contribution >= 4 is 44.6 Å². The van der Waals surface area contributed by atoms with Crippen LogP contribution in [0.3, 0.4) is 0 Å². The minimum atomic E-state index is -4.29. The number of aliphatic imine (C=N–C) groups is 1. The Morgan fingerprint density at radius 2 is 1.84 bits per heavy atom. The van der Waals surface area contributed by atoms with Gasteiger partial charge in [-0.1, -0.05) is 29.8 Å². The zero-order chi connectivity index (χ0) is 27.6. The maximum atomic E-state index is 13.7. The van der Waals surface area contributed by atoms with Crippen LogP contribution in [0.25, 0.3) is 0 Å². The van der Waals surface area contributed by atoms with Gasteiger partial charge in [-0.05, 0) is 68.7 Å². The number of carbonyl (C=O) groups excluding carboxylic acids is 1. The minimum Gasteiger partial charge on any atom is -0.366 e. The van der Waals surface area contributed by atoms with Gasteiger partial charge in [-0.3, -0.25) is 9.79 Å². The SMILES string of the molecule is CC1(C)NC(C23CC(N(Cc4ccc(Cl)cc4)S(=O)(=O)c4cccs4)(C2)C3)=N[C@H]1C(=O)CCCC(F)(F)F. The van der Waals surface area contributed by atoms with Crippen molar-refractivity contribution in [1.82, 2.24) is 9.62 Å². The first-order chi connectivity index (χ1) is 17.7. The van der Waals surface area contributed by atoms with Crippen molar-refractivity contribution in [1.29, 1.82) is 0 Å². The number of thiophene rings is 1. The van der Waals surface area contributed by atoms with Crippen molar-refractivity contribution in [3.8, 4) is 0 Å². The van der Waals surface area contributed by atoms with E-state index in [0.717, 1.165) is 5.56 Å². The second-order valence-corrected chi connectivity index (χ2v) is 14.7. The van der Waals surface area contributed by atoms with E-state index in [0.29, 0.717) is 30.1 Å². The van der Waals surface area contributed by atoms with Crippen LogP contribution in [-0.4, -0.2) is 47.6 Å². The van der Waals surface area contributed by atoms with Crippen molar-refractivity contribution in [2.24, 2.45) is 10.4 Å². The van der Waals surface area contributed by atoms with Gasteiger partial charge in [-0.2, -0.15) is 17.5 Å². The second kappa shape index (κ2) is 9.31. The lowest BCUT2D eigenvalue weighted by molar-refractivity contribution is -0.151. The number of sulfonamides is 1. The molecule has 4 aliphatic rings. The highest BCUT2D eigenvalue weighted by molar-refractivity contribution is 7.91. The summed E-state index contributed by atoms with van der Waals surface area (Å²) in [5.41, 5.74) is -0.817. The molecule has 3 saturated carbocycles. The minimum absolute atomic E-state index is 0.184. The van der Waals surface area contributed by atoms with E-state index in [2.05, 4.69) is 10.3 Å². The summed E-state index contributed by atoms with van der Waals surface area (Å²) < 4.78 is 66.9. The number of hydrogen-bond acceptors (Lipinski definition) is 6. The van der Waals surface area contributed by atoms with Crippen molar-refractivity contribution in [3.05, 3.63) is 52.4 Å². The molecule has 1 N–H and O–H groups in total. The summed E-state index contributed by atoms with van der Waals surface area (Å²) in [6.07, 6.45) is -4.03. The van der Waals surface area contributed by atoms with E-state index in [1.54, 1.807) is 34.0 Å². The number of nitrogens with one attached hydrogen (secondary N) is 1. The van der Waals surface area contributed by atoms with Crippen LogP contribution in [-0.2, 0) is 21.4 Å². The van der Waals surface area contributed by atoms with Gasteiger partial charge in [-0.25, -0.2) is 8.42 Å². The molecule has 2 bridgehead atoms. The van der Waals surface area contributed by atoms with E-state index >= 15 is 0 Å². The maximum Gasteiger partial charge on any atom is 0.389 e. The molecule has 0 spiro atoms. The van der Waals surface area contributed by atoms with Gasteiger partial charge in [0.15, 0.2) is 5.78 Å². The summed E-state index contributed by atoms with van der Waals surface area (Å²) >= 11 is 7.21. The molecule has 12 heteroatoms. The first-order valence-corrected chi connectivity index (χ1v) is 15.1. The van der Waals surface area contributed by atoms with Gasteiger partial charge in [0.25, 0.3) is 10.0 Å². The molecule has 6 rings (SSSR count). The molecule has 3 aliphatic carbocycles. The molecule has 0 radical (unpaired) electrons. The Hall–Kier alpha value is -1.95. The number of ketones is 1. The van der Waals surface area contributed by atoms with E-state index in [1.807, 2.05) is 26.0 Å². The highest BCUT2D eigenvalue weighted by Crippen LogP contribution is 2.71. The van der Waals surface area contributed by atoms with Crippen LogP contribution in [0, 0.1) is 5.41 Å². The highest BCUT2D eigenvalue weighted by Gasteiger charge is 2.75. The predicted molar refractivity (Wildman–Crippen MR) is 141 cm³/mol. The van der Waals surface area contributed by atoms with Gasteiger partial charge in [0, 0.05) is 35.4 Å². The van der Waals surface area contributed by atoms with Gasteiger partial charge in [0.05, 0.1) is 5.54 Å². The third-order valence-corrected chi connectivity index (χ3v) is 11.5. The lowest BCUT2D eigenvalue weighted by atomic mass is 9.38. The Kier molecular flexibility index (Phi) is 6.77. The Balaban J connectivity index is 1.34. The summed E-state index contributed by atoms with van der Waals surface area (Å²) in [6, 6.07) is 9.67. The van der Waals surface area contributed by atoms with E-state index in [-0.39, 0.29) is 34.8 Å².